The Morgan fingerprint density at radius 1 is 1.33 bits per heavy atom. The highest BCUT2D eigenvalue weighted by atomic mass is 35.5. The summed E-state index contributed by atoms with van der Waals surface area (Å²) < 4.78 is 0. The minimum atomic E-state index is 0.590. The van der Waals surface area contributed by atoms with Crippen LogP contribution in [0.25, 0.3) is 0 Å². The summed E-state index contributed by atoms with van der Waals surface area (Å²) >= 11 is 7.71. The third kappa shape index (κ3) is 3.15. The van der Waals surface area contributed by atoms with Crippen LogP contribution < -0.4 is 5.32 Å². The van der Waals surface area contributed by atoms with Crippen LogP contribution in [0.4, 0.5) is 5.95 Å². The Bertz CT molecular complexity index is 546. The fourth-order valence-electron chi connectivity index (χ4n) is 1.49. The van der Waals surface area contributed by atoms with E-state index in [9.17, 15) is 0 Å². The average Bonchev–Trinajstić information content (AvgIpc) is 2.39. The van der Waals surface area contributed by atoms with Crippen molar-refractivity contribution < 1.29 is 0 Å². The molecule has 94 valence electrons. The molecule has 5 heteroatoms. The SMILES string of the molecule is CNc1ncc(Cl)c(SCc2ccccc2C)n1. The van der Waals surface area contributed by atoms with E-state index in [1.165, 1.54) is 11.1 Å². The van der Waals surface area contributed by atoms with Gasteiger partial charge in [-0.25, -0.2) is 9.97 Å². The highest BCUT2D eigenvalue weighted by Gasteiger charge is 2.06. The van der Waals surface area contributed by atoms with E-state index in [0.29, 0.717) is 11.0 Å². The van der Waals surface area contributed by atoms with Gasteiger partial charge in [-0.15, -0.1) is 0 Å². The van der Waals surface area contributed by atoms with Crippen LogP contribution in [-0.4, -0.2) is 17.0 Å². The van der Waals surface area contributed by atoms with E-state index in [0.717, 1.165) is 10.8 Å². The molecule has 3 nitrogen and oxygen atoms in total. The van der Waals surface area contributed by atoms with Crippen LogP contribution in [0.15, 0.2) is 35.5 Å². The molecule has 0 saturated carbocycles. The number of nitrogens with zero attached hydrogens (tertiary/aromatic N) is 2. The number of nitrogens with one attached hydrogen (secondary N) is 1. The summed E-state index contributed by atoms with van der Waals surface area (Å²) in [5.74, 6) is 1.44. The van der Waals surface area contributed by atoms with Crippen molar-refractivity contribution in [3.05, 3.63) is 46.6 Å². The molecule has 1 aromatic carbocycles. The summed E-state index contributed by atoms with van der Waals surface area (Å²) in [7, 11) is 1.79. The van der Waals surface area contributed by atoms with Gasteiger partial charge in [-0.3, -0.25) is 0 Å². The van der Waals surface area contributed by atoms with E-state index in [-0.39, 0.29) is 0 Å². The van der Waals surface area contributed by atoms with Gasteiger partial charge in [0.15, 0.2) is 0 Å². The van der Waals surface area contributed by atoms with E-state index in [1.54, 1.807) is 25.0 Å². The Hall–Kier alpha value is -1.26. The van der Waals surface area contributed by atoms with Crippen LogP contribution in [0.5, 0.6) is 0 Å². The Morgan fingerprint density at radius 2 is 2.11 bits per heavy atom. The number of rotatable bonds is 4. The molecule has 2 rings (SSSR count). The van der Waals surface area contributed by atoms with Gasteiger partial charge >= 0.3 is 0 Å². The van der Waals surface area contributed by atoms with Crippen molar-refractivity contribution in [2.75, 3.05) is 12.4 Å². The molecule has 0 fully saturated rings. The normalized spacial score (nSPS) is 10.4. The number of aromatic nitrogens is 2. The first-order valence-corrected chi connectivity index (χ1v) is 6.94. The summed E-state index contributed by atoms with van der Waals surface area (Å²) in [5, 5.41) is 4.31. The molecule has 0 atom stereocenters. The maximum absolute atomic E-state index is 6.09. The number of thioether (sulfide) groups is 1. The molecule has 0 aliphatic rings. The Morgan fingerprint density at radius 3 is 2.83 bits per heavy atom. The van der Waals surface area contributed by atoms with Crippen LogP contribution in [0, 0.1) is 6.92 Å². The topological polar surface area (TPSA) is 37.8 Å². The highest BCUT2D eigenvalue weighted by Crippen LogP contribution is 2.28. The molecule has 0 aliphatic carbocycles. The average molecular weight is 280 g/mol. The summed E-state index contributed by atoms with van der Waals surface area (Å²) in [4.78, 5) is 8.41. The van der Waals surface area contributed by atoms with Crippen molar-refractivity contribution >= 4 is 29.3 Å². The monoisotopic (exact) mass is 279 g/mol. The fraction of sp³-hybridized carbons (Fsp3) is 0.231. The lowest BCUT2D eigenvalue weighted by atomic mass is 10.1. The molecule has 0 amide bonds. The summed E-state index contributed by atoms with van der Waals surface area (Å²) in [6, 6.07) is 8.32. The number of hydrogen-bond donors (Lipinski definition) is 1. The van der Waals surface area contributed by atoms with Gasteiger partial charge in [-0.1, -0.05) is 47.6 Å². The number of halogens is 1. The second-order valence-corrected chi connectivity index (χ2v) is 5.18. The predicted octanol–water partition coefficient (Wildman–Crippen LogP) is 3.77. The first kappa shape index (κ1) is 13.2. The molecule has 1 heterocycles. The van der Waals surface area contributed by atoms with Crippen molar-refractivity contribution in [2.24, 2.45) is 0 Å². The Labute approximate surface area is 116 Å². The molecule has 0 radical (unpaired) electrons. The van der Waals surface area contributed by atoms with Crippen LogP contribution in [0.3, 0.4) is 0 Å². The van der Waals surface area contributed by atoms with Gasteiger partial charge in [-0.05, 0) is 18.1 Å². The van der Waals surface area contributed by atoms with Crippen LogP contribution in [-0.2, 0) is 5.75 Å². The van der Waals surface area contributed by atoms with Crippen molar-refractivity contribution in [3.63, 3.8) is 0 Å². The van der Waals surface area contributed by atoms with Crippen LogP contribution in [0.1, 0.15) is 11.1 Å². The standard InChI is InChI=1S/C13H14ClN3S/c1-9-5-3-4-6-10(9)8-18-12-11(14)7-16-13(15-2)17-12/h3-7H,8H2,1-2H3,(H,15,16,17). The highest BCUT2D eigenvalue weighted by molar-refractivity contribution is 7.98. The van der Waals surface area contributed by atoms with E-state index in [4.69, 9.17) is 11.6 Å². The quantitative estimate of drug-likeness (QED) is 0.683. The fourth-order valence-corrected chi connectivity index (χ4v) is 2.70. The minimum Gasteiger partial charge on any atom is -0.357 e. The van der Waals surface area contributed by atoms with E-state index >= 15 is 0 Å². The number of aryl methyl sites for hydroxylation is 1. The van der Waals surface area contributed by atoms with Gasteiger partial charge < -0.3 is 5.32 Å². The molecular weight excluding hydrogens is 266 g/mol. The zero-order chi connectivity index (χ0) is 13.0. The molecule has 1 N–H and O–H groups in total. The van der Waals surface area contributed by atoms with Crippen LogP contribution in [0.2, 0.25) is 5.02 Å². The molecule has 18 heavy (non-hydrogen) atoms. The lowest BCUT2D eigenvalue weighted by Crippen LogP contribution is -1.97. The maximum Gasteiger partial charge on any atom is 0.223 e. The summed E-state index contributed by atoms with van der Waals surface area (Å²) in [6.45, 7) is 2.11. The number of benzene rings is 1. The zero-order valence-corrected chi connectivity index (χ0v) is 11.8. The van der Waals surface area contributed by atoms with Gasteiger partial charge in [0.05, 0.1) is 11.2 Å². The molecule has 1 aromatic heterocycles. The lowest BCUT2D eigenvalue weighted by Gasteiger charge is -2.07. The maximum atomic E-state index is 6.09. The molecule has 0 saturated heterocycles. The predicted molar refractivity (Wildman–Crippen MR) is 77.3 cm³/mol. The van der Waals surface area contributed by atoms with Gasteiger partial charge in [0.25, 0.3) is 0 Å². The summed E-state index contributed by atoms with van der Waals surface area (Å²) in [6.07, 6.45) is 1.63. The Kier molecular flexibility index (Phi) is 4.44. The summed E-state index contributed by atoms with van der Waals surface area (Å²) in [5.41, 5.74) is 2.58. The molecule has 2 aromatic rings. The van der Waals surface area contributed by atoms with Crippen molar-refractivity contribution in [3.8, 4) is 0 Å². The smallest absolute Gasteiger partial charge is 0.223 e. The molecule has 0 bridgehead atoms. The van der Waals surface area contributed by atoms with Crippen molar-refractivity contribution in [1.82, 2.24) is 9.97 Å². The van der Waals surface area contributed by atoms with Crippen molar-refractivity contribution in [2.45, 2.75) is 17.7 Å². The van der Waals surface area contributed by atoms with E-state index in [1.807, 2.05) is 12.1 Å². The van der Waals surface area contributed by atoms with Gasteiger partial charge in [0.1, 0.15) is 5.03 Å². The largest absolute Gasteiger partial charge is 0.357 e. The molecule has 0 unspecified atom stereocenters. The van der Waals surface area contributed by atoms with Gasteiger partial charge in [0.2, 0.25) is 5.95 Å². The zero-order valence-electron chi connectivity index (χ0n) is 10.3. The van der Waals surface area contributed by atoms with E-state index < -0.39 is 0 Å². The number of hydrogen-bond acceptors (Lipinski definition) is 4. The molecule has 0 aliphatic heterocycles. The Balaban J connectivity index is 2.13. The second kappa shape index (κ2) is 6.07. The van der Waals surface area contributed by atoms with Gasteiger partial charge in [-0.2, -0.15) is 0 Å². The third-order valence-electron chi connectivity index (χ3n) is 2.56. The second-order valence-electron chi connectivity index (χ2n) is 3.81. The first-order valence-electron chi connectivity index (χ1n) is 5.58. The minimum absolute atomic E-state index is 0.590. The number of anilines is 1. The molecule has 0 spiro atoms. The van der Waals surface area contributed by atoms with Gasteiger partial charge in [0, 0.05) is 12.8 Å². The van der Waals surface area contributed by atoms with E-state index in [2.05, 4.69) is 34.3 Å². The van der Waals surface area contributed by atoms with Crippen molar-refractivity contribution in [1.29, 1.82) is 0 Å². The lowest BCUT2D eigenvalue weighted by molar-refractivity contribution is 1.04. The van der Waals surface area contributed by atoms with Crippen LogP contribution >= 0.6 is 23.4 Å². The molecular formula is C13H14ClN3S. The first-order chi connectivity index (χ1) is 8.70. The third-order valence-corrected chi connectivity index (χ3v) is 3.99.